The van der Waals surface area contributed by atoms with Crippen molar-refractivity contribution in [2.75, 3.05) is 41.8 Å². The Kier molecular flexibility index (Phi) is 5.18. The van der Waals surface area contributed by atoms with Crippen molar-refractivity contribution in [3.63, 3.8) is 0 Å². The number of morpholine rings is 1. The zero-order chi connectivity index (χ0) is 19.5. The third-order valence-electron chi connectivity index (χ3n) is 4.54. The highest BCUT2D eigenvalue weighted by atomic mass is 32.1. The molecule has 9 heteroatoms. The van der Waals surface area contributed by atoms with Crippen LogP contribution in [0, 0.1) is 0 Å². The first-order valence-corrected chi connectivity index (χ1v) is 9.29. The van der Waals surface area contributed by atoms with Gasteiger partial charge in [0.1, 0.15) is 0 Å². The van der Waals surface area contributed by atoms with Crippen LogP contribution >= 0.6 is 12.2 Å². The Morgan fingerprint density at radius 1 is 1.04 bits per heavy atom. The van der Waals surface area contributed by atoms with Crippen LogP contribution < -0.4 is 15.5 Å². The number of fused-ring (bicyclic) bond motifs is 1. The zero-order valence-electron chi connectivity index (χ0n) is 15.3. The number of nitrogens with one attached hydrogen (secondary N) is 2. The summed E-state index contributed by atoms with van der Waals surface area (Å²) in [6.45, 7) is 4.49. The number of nitrogens with zero attached hydrogens (tertiary/aromatic N) is 3. The highest BCUT2D eigenvalue weighted by Gasteiger charge is 2.19. The standard InChI is InChI=1S/C19H19N5O3S/c1-12(25)13-2-4-14(5-3-13)20-19(28)21-15-6-7-16(18-17(15)22-27-23-18)24-8-10-26-11-9-24/h2-7H,8-11H2,1H3,(H2,20,21,28). The van der Waals surface area contributed by atoms with Crippen LogP contribution in [0.5, 0.6) is 0 Å². The van der Waals surface area contributed by atoms with Gasteiger partial charge in [0.2, 0.25) is 0 Å². The van der Waals surface area contributed by atoms with Gasteiger partial charge in [0.25, 0.3) is 0 Å². The molecule has 0 amide bonds. The van der Waals surface area contributed by atoms with Gasteiger partial charge in [-0.2, -0.15) is 0 Å². The molecule has 0 radical (unpaired) electrons. The Balaban J connectivity index is 1.50. The predicted octanol–water partition coefficient (Wildman–Crippen LogP) is 3.07. The maximum absolute atomic E-state index is 11.4. The van der Waals surface area contributed by atoms with Crippen molar-refractivity contribution in [3.05, 3.63) is 42.0 Å². The molecule has 0 unspecified atom stereocenters. The summed E-state index contributed by atoms with van der Waals surface area (Å²) in [5.41, 5.74) is 4.39. The minimum Gasteiger partial charge on any atom is -0.378 e. The highest BCUT2D eigenvalue weighted by Crippen LogP contribution is 2.30. The summed E-state index contributed by atoms with van der Waals surface area (Å²) in [6, 6.07) is 11.0. The third-order valence-corrected chi connectivity index (χ3v) is 4.75. The number of thiocarbonyl (C=S) groups is 1. The number of hydrogen-bond donors (Lipinski definition) is 2. The molecule has 0 atom stereocenters. The summed E-state index contributed by atoms with van der Waals surface area (Å²) in [4.78, 5) is 13.6. The largest absolute Gasteiger partial charge is 0.378 e. The van der Waals surface area contributed by atoms with Crippen LogP contribution in [0.4, 0.5) is 17.1 Å². The summed E-state index contributed by atoms with van der Waals surface area (Å²) in [6.07, 6.45) is 0. The van der Waals surface area contributed by atoms with Gasteiger partial charge in [-0.15, -0.1) is 0 Å². The number of carbonyl (C=O) groups is 1. The summed E-state index contributed by atoms with van der Waals surface area (Å²) in [5.74, 6) is 0.0218. The van der Waals surface area contributed by atoms with Crippen molar-refractivity contribution < 1.29 is 14.2 Å². The molecule has 0 spiro atoms. The van der Waals surface area contributed by atoms with E-state index in [4.69, 9.17) is 21.6 Å². The second-order valence-corrected chi connectivity index (χ2v) is 6.81. The van der Waals surface area contributed by atoms with Crippen molar-refractivity contribution in [2.45, 2.75) is 6.92 Å². The van der Waals surface area contributed by atoms with Gasteiger partial charge < -0.3 is 20.3 Å². The van der Waals surface area contributed by atoms with E-state index in [1.807, 2.05) is 12.1 Å². The Bertz CT molecular complexity index is 1010. The first-order valence-electron chi connectivity index (χ1n) is 8.89. The lowest BCUT2D eigenvalue weighted by Crippen LogP contribution is -2.36. The smallest absolute Gasteiger partial charge is 0.175 e. The van der Waals surface area contributed by atoms with Crippen molar-refractivity contribution in [3.8, 4) is 0 Å². The minimum atomic E-state index is 0.0218. The van der Waals surface area contributed by atoms with Gasteiger partial charge in [-0.05, 0) is 65.9 Å². The number of anilines is 3. The summed E-state index contributed by atoms with van der Waals surface area (Å²) in [5, 5.41) is 14.7. The van der Waals surface area contributed by atoms with Crippen molar-refractivity contribution in [2.24, 2.45) is 0 Å². The lowest BCUT2D eigenvalue weighted by molar-refractivity contribution is 0.101. The molecular formula is C19H19N5O3S. The van der Waals surface area contributed by atoms with E-state index in [0.717, 1.165) is 24.5 Å². The average molecular weight is 397 g/mol. The summed E-state index contributed by atoms with van der Waals surface area (Å²) < 4.78 is 10.4. The fourth-order valence-corrected chi connectivity index (χ4v) is 3.31. The molecule has 1 saturated heterocycles. The molecule has 28 heavy (non-hydrogen) atoms. The van der Waals surface area contributed by atoms with E-state index in [1.165, 1.54) is 6.92 Å². The summed E-state index contributed by atoms with van der Waals surface area (Å²) in [7, 11) is 0. The van der Waals surface area contributed by atoms with Gasteiger partial charge in [-0.3, -0.25) is 4.79 Å². The molecule has 4 rings (SSSR count). The first kappa shape index (κ1) is 18.3. The van der Waals surface area contributed by atoms with Crippen molar-refractivity contribution in [1.82, 2.24) is 10.3 Å². The van der Waals surface area contributed by atoms with Gasteiger partial charge >= 0.3 is 0 Å². The molecule has 1 fully saturated rings. The third kappa shape index (κ3) is 3.80. The Morgan fingerprint density at radius 3 is 2.46 bits per heavy atom. The number of ether oxygens (including phenoxy) is 1. The molecule has 144 valence electrons. The molecule has 1 aromatic heterocycles. The Hall–Kier alpha value is -3.04. The number of Topliss-reactive ketones (excluding diaryl/α,β-unsaturated/α-hetero) is 1. The fourth-order valence-electron chi connectivity index (χ4n) is 3.09. The summed E-state index contributed by atoms with van der Waals surface area (Å²) >= 11 is 5.40. The molecule has 2 heterocycles. The van der Waals surface area contributed by atoms with Crippen LogP contribution in [0.2, 0.25) is 0 Å². The van der Waals surface area contributed by atoms with Gasteiger partial charge in [0.05, 0.1) is 24.6 Å². The topological polar surface area (TPSA) is 92.5 Å². The van der Waals surface area contributed by atoms with Gasteiger partial charge in [-0.25, -0.2) is 4.63 Å². The van der Waals surface area contributed by atoms with Crippen LogP contribution in [0.15, 0.2) is 41.0 Å². The Morgan fingerprint density at radius 2 is 1.75 bits per heavy atom. The maximum Gasteiger partial charge on any atom is 0.175 e. The van der Waals surface area contributed by atoms with E-state index in [9.17, 15) is 4.79 Å². The normalized spacial score (nSPS) is 14.1. The number of ketones is 1. The molecule has 1 aliphatic heterocycles. The molecule has 0 bridgehead atoms. The highest BCUT2D eigenvalue weighted by molar-refractivity contribution is 7.80. The number of rotatable bonds is 4. The van der Waals surface area contributed by atoms with E-state index >= 15 is 0 Å². The van der Waals surface area contributed by atoms with E-state index < -0.39 is 0 Å². The second kappa shape index (κ2) is 7.91. The first-order chi connectivity index (χ1) is 13.6. The van der Waals surface area contributed by atoms with Gasteiger partial charge in [-0.1, -0.05) is 0 Å². The molecular weight excluding hydrogens is 378 g/mol. The molecule has 8 nitrogen and oxygen atoms in total. The quantitative estimate of drug-likeness (QED) is 0.509. The zero-order valence-corrected chi connectivity index (χ0v) is 16.1. The number of hydrogen-bond acceptors (Lipinski definition) is 7. The molecule has 0 aliphatic carbocycles. The molecule has 2 aromatic carbocycles. The van der Waals surface area contributed by atoms with Crippen molar-refractivity contribution >= 4 is 51.2 Å². The van der Waals surface area contributed by atoms with Gasteiger partial charge in [0.15, 0.2) is 21.9 Å². The van der Waals surface area contributed by atoms with Crippen molar-refractivity contribution in [1.29, 1.82) is 0 Å². The number of aromatic nitrogens is 2. The van der Waals surface area contributed by atoms with Gasteiger partial charge in [0, 0.05) is 24.3 Å². The number of carbonyl (C=O) groups excluding carboxylic acids is 1. The average Bonchev–Trinajstić information content (AvgIpc) is 3.19. The Labute approximate surface area is 166 Å². The monoisotopic (exact) mass is 397 g/mol. The van der Waals surface area contributed by atoms with Crippen LogP contribution in [0.25, 0.3) is 11.0 Å². The minimum absolute atomic E-state index is 0.0218. The van der Waals surface area contributed by atoms with E-state index in [0.29, 0.717) is 40.6 Å². The predicted molar refractivity (Wildman–Crippen MR) is 111 cm³/mol. The lowest BCUT2D eigenvalue weighted by Gasteiger charge is -2.28. The second-order valence-electron chi connectivity index (χ2n) is 6.41. The molecule has 0 saturated carbocycles. The molecule has 3 aromatic rings. The maximum atomic E-state index is 11.4. The fraction of sp³-hybridized carbons (Fsp3) is 0.263. The SMILES string of the molecule is CC(=O)c1ccc(NC(=S)Nc2ccc(N3CCOCC3)c3nonc23)cc1. The van der Waals surface area contributed by atoms with Crippen LogP contribution in [0.1, 0.15) is 17.3 Å². The van der Waals surface area contributed by atoms with E-state index in [-0.39, 0.29) is 5.78 Å². The van der Waals surface area contributed by atoms with Crippen LogP contribution in [-0.2, 0) is 4.74 Å². The number of benzene rings is 2. The molecule has 1 aliphatic rings. The lowest BCUT2D eigenvalue weighted by atomic mass is 10.1. The van der Waals surface area contributed by atoms with E-state index in [2.05, 4.69) is 25.8 Å². The molecule has 2 N–H and O–H groups in total. The van der Waals surface area contributed by atoms with Crippen LogP contribution in [-0.4, -0.2) is 47.5 Å². The van der Waals surface area contributed by atoms with Crippen LogP contribution in [0.3, 0.4) is 0 Å². The van der Waals surface area contributed by atoms with E-state index in [1.54, 1.807) is 24.3 Å².